The lowest BCUT2D eigenvalue weighted by Gasteiger charge is -1.99. The lowest BCUT2D eigenvalue weighted by atomic mass is 10.2. The van der Waals surface area contributed by atoms with Crippen LogP contribution >= 0.6 is 11.3 Å². The van der Waals surface area contributed by atoms with Crippen LogP contribution in [0.1, 0.15) is 10.4 Å². The third-order valence-electron chi connectivity index (χ3n) is 2.12. The summed E-state index contributed by atoms with van der Waals surface area (Å²) in [6, 6.07) is 7.11. The van der Waals surface area contributed by atoms with Gasteiger partial charge in [0.05, 0.1) is 6.42 Å². The second kappa shape index (κ2) is 5.92. The number of amidine groups is 1. The molecule has 2 heterocycles. The minimum Gasteiger partial charge on any atom is -0.380 e. The van der Waals surface area contributed by atoms with Crippen molar-refractivity contribution in [2.45, 2.75) is 6.42 Å². The summed E-state index contributed by atoms with van der Waals surface area (Å²) in [7, 11) is 0. The Morgan fingerprint density at radius 1 is 1.39 bits per heavy atom. The molecule has 2 aromatic rings. The van der Waals surface area contributed by atoms with Crippen molar-refractivity contribution in [3.63, 3.8) is 0 Å². The Labute approximate surface area is 108 Å². The first-order chi connectivity index (χ1) is 8.75. The number of aromatic nitrogens is 1. The fraction of sp³-hybridized carbons (Fsp3) is 0.0833. The first kappa shape index (κ1) is 12.3. The van der Waals surface area contributed by atoms with E-state index in [0.717, 1.165) is 4.88 Å². The van der Waals surface area contributed by atoms with Crippen LogP contribution in [0.5, 0.6) is 0 Å². The van der Waals surface area contributed by atoms with Crippen molar-refractivity contribution in [1.29, 1.82) is 0 Å². The highest BCUT2D eigenvalue weighted by molar-refractivity contribution is 7.10. The summed E-state index contributed by atoms with van der Waals surface area (Å²) in [5.41, 5.74) is 6.33. The van der Waals surface area contributed by atoms with Crippen LogP contribution in [0.25, 0.3) is 0 Å². The molecule has 0 saturated carbocycles. The van der Waals surface area contributed by atoms with Gasteiger partial charge in [-0.25, -0.2) is 4.79 Å². The number of carbonyl (C=O) groups excluding carboxylic acids is 1. The Kier molecular flexibility index (Phi) is 4.03. The maximum Gasteiger partial charge on any atom is 0.340 e. The Hall–Kier alpha value is -2.21. The van der Waals surface area contributed by atoms with Crippen LogP contribution in [0.15, 0.2) is 47.2 Å². The van der Waals surface area contributed by atoms with E-state index in [2.05, 4.69) is 10.1 Å². The topological polar surface area (TPSA) is 77.6 Å². The van der Waals surface area contributed by atoms with Gasteiger partial charge in [0, 0.05) is 22.8 Å². The van der Waals surface area contributed by atoms with Gasteiger partial charge in [-0.1, -0.05) is 11.2 Å². The number of nitrogens with two attached hydrogens (primary N) is 1. The molecule has 2 rings (SSSR count). The second-order valence-electron chi connectivity index (χ2n) is 3.43. The zero-order chi connectivity index (χ0) is 12.8. The quantitative estimate of drug-likeness (QED) is 0.392. The summed E-state index contributed by atoms with van der Waals surface area (Å²) in [5.74, 6) is -0.286. The molecule has 2 N–H and O–H groups in total. The summed E-state index contributed by atoms with van der Waals surface area (Å²) >= 11 is 1.49. The molecule has 0 aliphatic carbocycles. The van der Waals surface area contributed by atoms with Crippen molar-refractivity contribution in [1.82, 2.24) is 4.98 Å². The molecule has 0 aromatic carbocycles. The molecule has 18 heavy (non-hydrogen) atoms. The molecular weight excluding hydrogens is 250 g/mol. The molecule has 92 valence electrons. The van der Waals surface area contributed by atoms with E-state index in [9.17, 15) is 4.79 Å². The molecule has 0 saturated heterocycles. The fourth-order valence-electron chi connectivity index (χ4n) is 1.26. The van der Waals surface area contributed by atoms with Crippen LogP contribution < -0.4 is 5.73 Å². The SMILES string of the molecule is N/C(=N\OC(=O)Cc1cccs1)c1ccncc1. The monoisotopic (exact) mass is 261 g/mol. The van der Waals surface area contributed by atoms with E-state index in [0.29, 0.717) is 5.56 Å². The molecule has 0 bridgehead atoms. The number of oxime groups is 1. The average molecular weight is 261 g/mol. The predicted octanol–water partition coefficient (Wildman–Crippen LogP) is 1.55. The highest BCUT2D eigenvalue weighted by Crippen LogP contribution is 2.09. The molecule has 0 fully saturated rings. The number of pyridine rings is 1. The molecule has 0 aliphatic rings. The second-order valence-corrected chi connectivity index (χ2v) is 4.46. The zero-order valence-electron chi connectivity index (χ0n) is 9.45. The first-order valence-electron chi connectivity index (χ1n) is 5.22. The molecule has 0 radical (unpaired) electrons. The van der Waals surface area contributed by atoms with Crippen LogP contribution in [-0.4, -0.2) is 16.8 Å². The Morgan fingerprint density at radius 3 is 2.83 bits per heavy atom. The van der Waals surface area contributed by atoms with Gasteiger partial charge in [-0.15, -0.1) is 11.3 Å². The molecule has 0 unspecified atom stereocenters. The minimum atomic E-state index is -0.436. The van der Waals surface area contributed by atoms with Gasteiger partial charge in [-0.05, 0) is 23.6 Å². The zero-order valence-corrected chi connectivity index (χ0v) is 10.3. The standard InChI is InChI=1S/C12H11N3O2S/c13-12(9-3-5-14-6-4-9)15-17-11(16)8-10-2-1-7-18-10/h1-7H,8H2,(H2,13,15). The number of hydrogen-bond acceptors (Lipinski definition) is 5. The van der Waals surface area contributed by atoms with E-state index in [1.807, 2.05) is 17.5 Å². The number of hydrogen-bond donors (Lipinski definition) is 1. The van der Waals surface area contributed by atoms with Crippen LogP contribution in [0.4, 0.5) is 0 Å². The Bertz CT molecular complexity index is 538. The number of thiophene rings is 1. The maximum atomic E-state index is 11.5. The smallest absolute Gasteiger partial charge is 0.340 e. The van der Waals surface area contributed by atoms with Crippen molar-refractivity contribution >= 4 is 23.1 Å². The van der Waals surface area contributed by atoms with Gasteiger partial charge < -0.3 is 10.6 Å². The van der Waals surface area contributed by atoms with E-state index in [1.165, 1.54) is 11.3 Å². The molecule has 2 aromatic heterocycles. The summed E-state index contributed by atoms with van der Waals surface area (Å²) < 4.78 is 0. The summed E-state index contributed by atoms with van der Waals surface area (Å²) in [6.45, 7) is 0. The number of carbonyl (C=O) groups is 1. The maximum absolute atomic E-state index is 11.5. The lowest BCUT2D eigenvalue weighted by molar-refractivity contribution is -0.142. The average Bonchev–Trinajstić information content (AvgIpc) is 2.90. The predicted molar refractivity (Wildman–Crippen MR) is 69.1 cm³/mol. The Balaban J connectivity index is 1.92. The van der Waals surface area contributed by atoms with Gasteiger partial charge in [0.25, 0.3) is 0 Å². The third kappa shape index (κ3) is 3.39. The van der Waals surface area contributed by atoms with Gasteiger partial charge in [0.2, 0.25) is 0 Å². The lowest BCUT2D eigenvalue weighted by Crippen LogP contribution is -2.15. The summed E-state index contributed by atoms with van der Waals surface area (Å²) in [4.78, 5) is 21.0. The van der Waals surface area contributed by atoms with Crippen LogP contribution in [0, 0.1) is 0 Å². The summed E-state index contributed by atoms with van der Waals surface area (Å²) in [6.07, 6.45) is 3.38. The van der Waals surface area contributed by atoms with Crippen molar-refractivity contribution in [3.05, 3.63) is 52.5 Å². The Morgan fingerprint density at radius 2 is 2.17 bits per heavy atom. The minimum absolute atomic E-state index is 0.150. The van der Waals surface area contributed by atoms with E-state index in [4.69, 9.17) is 10.6 Å². The first-order valence-corrected chi connectivity index (χ1v) is 6.10. The molecule has 0 spiro atoms. The molecule has 0 amide bonds. The highest BCUT2D eigenvalue weighted by atomic mass is 32.1. The van der Waals surface area contributed by atoms with Crippen molar-refractivity contribution < 1.29 is 9.63 Å². The van der Waals surface area contributed by atoms with Gasteiger partial charge in [0.1, 0.15) is 0 Å². The van der Waals surface area contributed by atoms with Crippen LogP contribution in [0.2, 0.25) is 0 Å². The van der Waals surface area contributed by atoms with Crippen molar-refractivity contribution in [2.75, 3.05) is 0 Å². The van der Waals surface area contributed by atoms with Crippen LogP contribution in [0.3, 0.4) is 0 Å². The van der Waals surface area contributed by atoms with Gasteiger partial charge >= 0.3 is 5.97 Å². The molecular formula is C12H11N3O2S. The van der Waals surface area contributed by atoms with Gasteiger partial charge in [-0.3, -0.25) is 4.98 Å². The molecule has 0 aliphatic heterocycles. The van der Waals surface area contributed by atoms with E-state index >= 15 is 0 Å². The number of rotatable bonds is 4. The fourth-order valence-corrected chi connectivity index (χ4v) is 1.95. The molecule has 5 nitrogen and oxygen atoms in total. The third-order valence-corrected chi connectivity index (χ3v) is 3.00. The van der Waals surface area contributed by atoms with Gasteiger partial charge in [-0.2, -0.15) is 0 Å². The number of nitrogens with zero attached hydrogens (tertiary/aromatic N) is 2. The largest absolute Gasteiger partial charge is 0.380 e. The van der Waals surface area contributed by atoms with E-state index in [-0.39, 0.29) is 12.3 Å². The van der Waals surface area contributed by atoms with Gasteiger partial charge in [0.15, 0.2) is 5.84 Å². The summed E-state index contributed by atoms with van der Waals surface area (Å²) in [5, 5.41) is 5.50. The van der Waals surface area contributed by atoms with E-state index < -0.39 is 5.97 Å². The van der Waals surface area contributed by atoms with Crippen molar-refractivity contribution in [3.8, 4) is 0 Å². The molecule has 6 heteroatoms. The van der Waals surface area contributed by atoms with Crippen molar-refractivity contribution in [2.24, 2.45) is 10.9 Å². The van der Waals surface area contributed by atoms with Crippen LogP contribution in [-0.2, 0) is 16.1 Å². The van der Waals surface area contributed by atoms with E-state index in [1.54, 1.807) is 24.5 Å². The highest BCUT2D eigenvalue weighted by Gasteiger charge is 2.06. The normalized spacial score (nSPS) is 11.2. The molecule has 0 atom stereocenters.